The van der Waals surface area contributed by atoms with Crippen molar-refractivity contribution in [2.75, 3.05) is 46.5 Å². The highest BCUT2D eigenvalue weighted by Gasteiger charge is 2.09. The van der Waals surface area contributed by atoms with Crippen molar-refractivity contribution < 1.29 is 9.47 Å². The number of morpholine rings is 1. The second-order valence-corrected chi connectivity index (χ2v) is 4.48. The number of rotatable bonds is 6. The van der Waals surface area contributed by atoms with Gasteiger partial charge in [0.25, 0.3) is 0 Å². The highest BCUT2D eigenvalue weighted by Crippen LogP contribution is 2.12. The third-order valence-electron chi connectivity index (χ3n) is 3.08. The maximum atomic E-state index is 5.74. The van der Waals surface area contributed by atoms with E-state index in [-0.39, 0.29) is 0 Å². The quantitative estimate of drug-likeness (QED) is 0.820. The van der Waals surface area contributed by atoms with Crippen LogP contribution >= 0.6 is 0 Å². The molecule has 1 N–H and O–H groups in total. The standard InChI is InChI=1S/C14H22N2O2/c1-15-12-13-2-4-14(5-3-13)18-11-8-16-6-9-17-10-7-16/h2-5,15H,6-12H2,1H3. The number of hydrogen-bond acceptors (Lipinski definition) is 4. The van der Waals surface area contributed by atoms with Crippen LogP contribution in [0.2, 0.25) is 0 Å². The van der Waals surface area contributed by atoms with Crippen LogP contribution in [0.15, 0.2) is 24.3 Å². The summed E-state index contributed by atoms with van der Waals surface area (Å²) in [5, 5.41) is 3.13. The molecule has 0 aliphatic carbocycles. The monoisotopic (exact) mass is 250 g/mol. The van der Waals surface area contributed by atoms with Gasteiger partial charge in [-0.15, -0.1) is 0 Å². The van der Waals surface area contributed by atoms with E-state index < -0.39 is 0 Å². The topological polar surface area (TPSA) is 33.7 Å². The smallest absolute Gasteiger partial charge is 0.119 e. The molecule has 1 aromatic carbocycles. The van der Waals surface area contributed by atoms with E-state index in [0.717, 1.165) is 51.7 Å². The summed E-state index contributed by atoms with van der Waals surface area (Å²) in [4.78, 5) is 2.37. The molecule has 4 nitrogen and oxygen atoms in total. The molecule has 18 heavy (non-hydrogen) atoms. The average Bonchev–Trinajstić information content (AvgIpc) is 2.42. The Balaban J connectivity index is 1.69. The lowest BCUT2D eigenvalue weighted by Crippen LogP contribution is -2.38. The first-order chi connectivity index (χ1) is 8.88. The summed E-state index contributed by atoms with van der Waals surface area (Å²) in [5.41, 5.74) is 1.28. The lowest BCUT2D eigenvalue weighted by Gasteiger charge is -2.26. The Hall–Kier alpha value is -1.10. The van der Waals surface area contributed by atoms with Crippen LogP contribution < -0.4 is 10.1 Å². The Kier molecular flexibility index (Phi) is 5.45. The molecule has 100 valence electrons. The van der Waals surface area contributed by atoms with Crippen molar-refractivity contribution in [3.05, 3.63) is 29.8 Å². The summed E-state index contributed by atoms with van der Waals surface area (Å²) >= 11 is 0. The van der Waals surface area contributed by atoms with Crippen molar-refractivity contribution >= 4 is 0 Å². The molecule has 1 saturated heterocycles. The zero-order valence-corrected chi connectivity index (χ0v) is 11.0. The van der Waals surface area contributed by atoms with E-state index >= 15 is 0 Å². The summed E-state index contributed by atoms with van der Waals surface area (Å²) in [5.74, 6) is 0.947. The fourth-order valence-electron chi connectivity index (χ4n) is 2.03. The molecule has 0 radical (unpaired) electrons. The van der Waals surface area contributed by atoms with Crippen LogP contribution in [0.5, 0.6) is 5.75 Å². The first-order valence-corrected chi connectivity index (χ1v) is 6.55. The molecule has 0 saturated carbocycles. The van der Waals surface area contributed by atoms with Crippen LogP contribution in [0.1, 0.15) is 5.56 Å². The Bertz CT molecular complexity index is 334. The van der Waals surface area contributed by atoms with Gasteiger partial charge in [0, 0.05) is 26.2 Å². The van der Waals surface area contributed by atoms with Crippen LogP contribution in [-0.2, 0) is 11.3 Å². The Morgan fingerprint density at radius 2 is 1.94 bits per heavy atom. The van der Waals surface area contributed by atoms with Crippen LogP contribution in [0.3, 0.4) is 0 Å². The van der Waals surface area contributed by atoms with Gasteiger partial charge in [-0.2, -0.15) is 0 Å². The summed E-state index contributed by atoms with van der Waals surface area (Å²) in [7, 11) is 1.95. The molecule has 1 aliphatic rings. The zero-order valence-electron chi connectivity index (χ0n) is 11.0. The van der Waals surface area contributed by atoms with Crippen LogP contribution in [0.4, 0.5) is 0 Å². The van der Waals surface area contributed by atoms with Crippen molar-refractivity contribution in [3.63, 3.8) is 0 Å². The first kappa shape index (κ1) is 13.3. The van der Waals surface area contributed by atoms with Gasteiger partial charge in [-0.3, -0.25) is 4.90 Å². The number of nitrogens with one attached hydrogen (secondary N) is 1. The van der Waals surface area contributed by atoms with Crippen LogP contribution in [0, 0.1) is 0 Å². The fraction of sp³-hybridized carbons (Fsp3) is 0.571. The molecule has 1 heterocycles. The molecule has 0 atom stereocenters. The van der Waals surface area contributed by atoms with Gasteiger partial charge in [0.2, 0.25) is 0 Å². The Labute approximate surface area is 109 Å². The number of hydrogen-bond donors (Lipinski definition) is 1. The molecule has 0 bridgehead atoms. The van der Waals surface area contributed by atoms with E-state index in [1.54, 1.807) is 0 Å². The molecule has 0 unspecified atom stereocenters. The summed E-state index contributed by atoms with van der Waals surface area (Å²) < 4.78 is 11.1. The fourth-order valence-corrected chi connectivity index (χ4v) is 2.03. The number of ether oxygens (including phenoxy) is 2. The molecule has 0 aromatic heterocycles. The molecule has 1 fully saturated rings. The van der Waals surface area contributed by atoms with E-state index in [1.165, 1.54) is 5.56 Å². The molecular formula is C14H22N2O2. The molecule has 0 amide bonds. The zero-order chi connectivity index (χ0) is 12.6. The van der Waals surface area contributed by atoms with E-state index in [1.807, 2.05) is 19.2 Å². The first-order valence-electron chi connectivity index (χ1n) is 6.55. The molecule has 4 heteroatoms. The number of benzene rings is 1. The summed E-state index contributed by atoms with van der Waals surface area (Å²) in [6, 6.07) is 8.26. The second kappa shape index (κ2) is 7.36. The maximum Gasteiger partial charge on any atom is 0.119 e. The van der Waals surface area contributed by atoms with Gasteiger partial charge >= 0.3 is 0 Å². The van der Waals surface area contributed by atoms with Crippen molar-refractivity contribution in [2.24, 2.45) is 0 Å². The van der Waals surface area contributed by atoms with E-state index in [9.17, 15) is 0 Å². The van der Waals surface area contributed by atoms with Gasteiger partial charge in [-0.05, 0) is 24.7 Å². The summed E-state index contributed by atoms with van der Waals surface area (Å²) in [6.07, 6.45) is 0. The minimum absolute atomic E-state index is 0.741. The van der Waals surface area contributed by atoms with E-state index in [4.69, 9.17) is 9.47 Å². The van der Waals surface area contributed by atoms with Gasteiger partial charge < -0.3 is 14.8 Å². The number of nitrogens with zero attached hydrogens (tertiary/aromatic N) is 1. The van der Waals surface area contributed by atoms with E-state index in [2.05, 4.69) is 22.3 Å². The highest BCUT2D eigenvalue weighted by atomic mass is 16.5. The maximum absolute atomic E-state index is 5.74. The molecule has 1 aromatic rings. The third kappa shape index (κ3) is 4.29. The molecule has 2 rings (SSSR count). The van der Waals surface area contributed by atoms with Crippen molar-refractivity contribution in [3.8, 4) is 5.75 Å². The second-order valence-electron chi connectivity index (χ2n) is 4.48. The van der Waals surface area contributed by atoms with Gasteiger partial charge in [0.1, 0.15) is 12.4 Å². The van der Waals surface area contributed by atoms with Crippen molar-refractivity contribution in [2.45, 2.75) is 6.54 Å². The van der Waals surface area contributed by atoms with Gasteiger partial charge in [-0.1, -0.05) is 12.1 Å². The lowest BCUT2D eigenvalue weighted by atomic mass is 10.2. The minimum Gasteiger partial charge on any atom is -0.492 e. The molecular weight excluding hydrogens is 228 g/mol. The highest BCUT2D eigenvalue weighted by molar-refractivity contribution is 5.27. The van der Waals surface area contributed by atoms with Gasteiger partial charge in [0.15, 0.2) is 0 Å². The van der Waals surface area contributed by atoms with Gasteiger partial charge in [0.05, 0.1) is 13.2 Å². The van der Waals surface area contributed by atoms with E-state index in [0.29, 0.717) is 0 Å². The summed E-state index contributed by atoms with van der Waals surface area (Å²) in [6.45, 7) is 6.34. The predicted octanol–water partition coefficient (Wildman–Crippen LogP) is 1.12. The third-order valence-corrected chi connectivity index (χ3v) is 3.08. The molecule has 1 aliphatic heterocycles. The van der Waals surface area contributed by atoms with Crippen molar-refractivity contribution in [1.29, 1.82) is 0 Å². The Morgan fingerprint density at radius 3 is 2.61 bits per heavy atom. The Morgan fingerprint density at radius 1 is 1.22 bits per heavy atom. The normalized spacial score (nSPS) is 16.7. The minimum atomic E-state index is 0.741. The van der Waals surface area contributed by atoms with Crippen LogP contribution in [-0.4, -0.2) is 51.4 Å². The van der Waals surface area contributed by atoms with Crippen LogP contribution in [0.25, 0.3) is 0 Å². The average molecular weight is 250 g/mol. The SMILES string of the molecule is CNCc1ccc(OCCN2CCOCC2)cc1. The largest absolute Gasteiger partial charge is 0.492 e. The van der Waals surface area contributed by atoms with Crippen molar-refractivity contribution in [1.82, 2.24) is 10.2 Å². The lowest BCUT2D eigenvalue weighted by molar-refractivity contribution is 0.0322. The van der Waals surface area contributed by atoms with Gasteiger partial charge in [-0.25, -0.2) is 0 Å². The molecule has 0 spiro atoms. The predicted molar refractivity (Wildman–Crippen MR) is 72.0 cm³/mol.